The fourth-order valence-corrected chi connectivity index (χ4v) is 0.422. The molecule has 0 spiro atoms. The number of rotatable bonds is 1. The molecule has 0 radical (unpaired) electrons. The van der Waals surface area contributed by atoms with Crippen molar-refractivity contribution in [2.45, 2.75) is 26.4 Å². The van der Waals surface area contributed by atoms with E-state index in [9.17, 15) is 4.79 Å². The van der Waals surface area contributed by atoms with Crippen molar-refractivity contribution in [3.8, 4) is 0 Å². The number of hydrogen-bond donors (Lipinski definition) is 1. The lowest BCUT2D eigenvalue weighted by Crippen LogP contribution is -2.40. The van der Waals surface area contributed by atoms with Crippen LogP contribution in [0.3, 0.4) is 0 Å². The van der Waals surface area contributed by atoms with Crippen LogP contribution in [0.4, 0.5) is 4.79 Å². The summed E-state index contributed by atoms with van der Waals surface area (Å²) in [7, 11) is 3.26. The highest BCUT2D eigenvalue weighted by molar-refractivity contribution is 5.66. The van der Waals surface area contributed by atoms with Gasteiger partial charge in [-0.25, -0.2) is 15.2 Å². The molecule has 66 valence electrons. The first-order chi connectivity index (χ1) is 4.87. The fourth-order valence-electron chi connectivity index (χ4n) is 0.422. The van der Waals surface area contributed by atoms with Gasteiger partial charge in [0, 0.05) is 14.1 Å². The van der Waals surface area contributed by atoms with Crippen molar-refractivity contribution < 1.29 is 9.53 Å². The first-order valence-electron chi connectivity index (χ1n) is 3.51. The van der Waals surface area contributed by atoms with Crippen molar-refractivity contribution in [3.63, 3.8) is 0 Å². The van der Waals surface area contributed by atoms with E-state index in [0.29, 0.717) is 0 Å². The average molecular weight is 160 g/mol. The Morgan fingerprint density at radius 2 is 1.91 bits per heavy atom. The van der Waals surface area contributed by atoms with Crippen molar-refractivity contribution in [3.05, 3.63) is 0 Å². The largest absolute Gasteiger partial charge is 0.443 e. The zero-order chi connectivity index (χ0) is 9.07. The Bertz CT molecular complexity index is 140. The van der Waals surface area contributed by atoms with Crippen molar-refractivity contribution >= 4 is 6.09 Å². The summed E-state index contributed by atoms with van der Waals surface area (Å²) in [4.78, 5) is 11.0. The first kappa shape index (κ1) is 10.2. The van der Waals surface area contributed by atoms with Gasteiger partial charge in [-0.1, -0.05) is 0 Å². The molecule has 11 heavy (non-hydrogen) atoms. The van der Waals surface area contributed by atoms with Gasteiger partial charge >= 0.3 is 6.09 Å². The zero-order valence-corrected chi connectivity index (χ0v) is 7.76. The van der Waals surface area contributed by atoms with Gasteiger partial charge in [0.15, 0.2) is 0 Å². The number of nitrogens with zero attached hydrogens (tertiary/aromatic N) is 1. The van der Waals surface area contributed by atoms with E-state index in [2.05, 4.69) is 5.43 Å². The molecule has 0 aliphatic rings. The van der Waals surface area contributed by atoms with E-state index in [-0.39, 0.29) is 6.09 Å². The van der Waals surface area contributed by atoms with E-state index >= 15 is 0 Å². The molecule has 4 heteroatoms. The van der Waals surface area contributed by atoms with Gasteiger partial charge in [-0.3, -0.25) is 0 Å². The summed E-state index contributed by atoms with van der Waals surface area (Å²) < 4.78 is 5.01. The van der Waals surface area contributed by atoms with Crippen LogP contribution in [0.1, 0.15) is 20.8 Å². The second kappa shape index (κ2) is 3.57. The maximum absolute atomic E-state index is 11.0. The lowest BCUT2D eigenvalue weighted by Gasteiger charge is -2.23. The molecule has 0 aliphatic carbocycles. The molecule has 0 fully saturated rings. The number of amides is 1. The lowest BCUT2D eigenvalue weighted by atomic mass is 10.2. The number of hydrazine groups is 1. The second-order valence-electron chi connectivity index (χ2n) is 3.26. The van der Waals surface area contributed by atoms with Crippen LogP contribution in [-0.2, 0) is 4.74 Å². The fraction of sp³-hybridized carbons (Fsp3) is 0.857. The topological polar surface area (TPSA) is 41.6 Å². The standard InChI is InChI=1S/C7H16N2O2/c1-7(2,3)11-6(10)9(5)8-4/h8H,1-5H3. The van der Waals surface area contributed by atoms with Crippen LogP contribution in [-0.4, -0.2) is 30.8 Å². The van der Waals surface area contributed by atoms with Crippen LogP contribution in [0.15, 0.2) is 0 Å². The lowest BCUT2D eigenvalue weighted by molar-refractivity contribution is 0.0223. The molecule has 0 atom stereocenters. The molecule has 1 N–H and O–H groups in total. The van der Waals surface area contributed by atoms with Gasteiger partial charge in [0.25, 0.3) is 0 Å². The van der Waals surface area contributed by atoms with Crippen molar-refractivity contribution in [1.29, 1.82) is 0 Å². The Morgan fingerprint density at radius 3 is 2.18 bits per heavy atom. The van der Waals surface area contributed by atoms with Crippen LogP contribution in [0.5, 0.6) is 0 Å². The molecule has 0 saturated heterocycles. The summed E-state index contributed by atoms with van der Waals surface area (Å²) in [5.41, 5.74) is 2.22. The summed E-state index contributed by atoms with van der Waals surface area (Å²) >= 11 is 0. The number of hydrogen-bond acceptors (Lipinski definition) is 3. The van der Waals surface area contributed by atoms with Crippen LogP contribution < -0.4 is 5.43 Å². The van der Waals surface area contributed by atoms with Crippen LogP contribution >= 0.6 is 0 Å². The minimum Gasteiger partial charge on any atom is -0.443 e. The monoisotopic (exact) mass is 160 g/mol. The second-order valence-corrected chi connectivity index (χ2v) is 3.26. The highest BCUT2D eigenvalue weighted by Crippen LogP contribution is 2.07. The van der Waals surface area contributed by atoms with Gasteiger partial charge in [-0.05, 0) is 20.8 Å². The minimum absolute atomic E-state index is 0.375. The molecule has 0 aliphatic heterocycles. The average Bonchev–Trinajstić information content (AvgIpc) is 1.82. The molecule has 1 amide bonds. The summed E-state index contributed by atoms with van der Waals surface area (Å²) in [6.07, 6.45) is -0.375. The smallest absolute Gasteiger partial charge is 0.424 e. The Balaban J connectivity index is 3.88. The highest BCUT2D eigenvalue weighted by atomic mass is 16.6. The molecule has 0 bridgehead atoms. The maximum atomic E-state index is 11.0. The predicted molar refractivity (Wildman–Crippen MR) is 43.1 cm³/mol. The minimum atomic E-state index is -0.428. The molecule has 0 saturated carbocycles. The molecule has 4 nitrogen and oxygen atoms in total. The SMILES string of the molecule is CNN(C)C(=O)OC(C)(C)C. The molecular weight excluding hydrogens is 144 g/mol. The van der Waals surface area contributed by atoms with Gasteiger partial charge in [-0.2, -0.15) is 0 Å². The van der Waals surface area contributed by atoms with Crippen LogP contribution in [0.25, 0.3) is 0 Å². The highest BCUT2D eigenvalue weighted by Gasteiger charge is 2.18. The van der Waals surface area contributed by atoms with Crippen molar-refractivity contribution in [2.75, 3.05) is 14.1 Å². The maximum Gasteiger partial charge on any atom is 0.424 e. The predicted octanol–water partition coefficient (Wildman–Crippen LogP) is 0.988. The van der Waals surface area contributed by atoms with E-state index in [1.165, 1.54) is 5.01 Å². The van der Waals surface area contributed by atoms with E-state index < -0.39 is 5.60 Å². The number of carbonyl (C=O) groups is 1. The molecular formula is C7H16N2O2. The third kappa shape index (κ3) is 4.61. The van der Waals surface area contributed by atoms with E-state index in [1.807, 2.05) is 20.8 Å². The first-order valence-corrected chi connectivity index (χ1v) is 3.51. The summed E-state index contributed by atoms with van der Waals surface area (Å²) in [6, 6.07) is 0. The van der Waals surface area contributed by atoms with Gasteiger partial charge in [0.05, 0.1) is 0 Å². The summed E-state index contributed by atoms with van der Waals surface area (Å²) in [6.45, 7) is 5.48. The van der Waals surface area contributed by atoms with E-state index in [1.54, 1.807) is 14.1 Å². The third-order valence-corrected chi connectivity index (χ3v) is 1.00. The van der Waals surface area contributed by atoms with Gasteiger partial charge in [0.2, 0.25) is 0 Å². The number of nitrogens with one attached hydrogen (secondary N) is 1. The molecule has 0 rings (SSSR count). The van der Waals surface area contributed by atoms with Crippen molar-refractivity contribution in [2.24, 2.45) is 0 Å². The third-order valence-electron chi connectivity index (χ3n) is 1.00. The summed E-state index contributed by atoms with van der Waals surface area (Å²) in [5, 5.41) is 1.28. The van der Waals surface area contributed by atoms with Crippen molar-refractivity contribution in [1.82, 2.24) is 10.4 Å². The molecule has 0 aromatic rings. The van der Waals surface area contributed by atoms with E-state index in [0.717, 1.165) is 0 Å². The summed E-state index contributed by atoms with van der Waals surface area (Å²) in [5.74, 6) is 0. The Morgan fingerprint density at radius 1 is 1.45 bits per heavy atom. The van der Waals surface area contributed by atoms with Gasteiger partial charge in [0.1, 0.15) is 5.60 Å². The van der Waals surface area contributed by atoms with Gasteiger partial charge in [-0.15, -0.1) is 0 Å². The Labute approximate surface area is 67.5 Å². The number of ether oxygens (including phenoxy) is 1. The molecule has 0 unspecified atom stereocenters. The Kier molecular flexibility index (Phi) is 3.32. The van der Waals surface area contributed by atoms with Gasteiger partial charge < -0.3 is 4.74 Å². The quantitative estimate of drug-likeness (QED) is 0.581. The number of carbonyl (C=O) groups excluding carboxylic acids is 1. The normalized spacial score (nSPS) is 11.0. The molecule has 0 aromatic carbocycles. The van der Waals surface area contributed by atoms with Crippen LogP contribution in [0, 0.1) is 0 Å². The van der Waals surface area contributed by atoms with E-state index in [4.69, 9.17) is 4.74 Å². The van der Waals surface area contributed by atoms with Crippen LogP contribution in [0.2, 0.25) is 0 Å². The molecule has 0 heterocycles. The zero-order valence-electron chi connectivity index (χ0n) is 7.76. The molecule has 0 aromatic heterocycles. The Hall–Kier alpha value is -0.770.